The largest absolute Gasteiger partial charge is 0.586 e. The highest BCUT2D eigenvalue weighted by atomic mass is 19.3. The first kappa shape index (κ1) is 16.8. The average molecular weight is 349 g/mol. The van der Waals surface area contributed by atoms with Gasteiger partial charge in [-0.3, -0.25) is 9.59 Å². The van der Waals surface area contributed by atoms with E-state index < -0.39 is 6.29 Å². The molecule has 0 bridgehead atoms. The van der Waals surface area contributed by atoms with E-state index in [1.165, 1.54) is 31.5 Å². The molecule has 0 amide bonds. The molecule has 6 nitrogen and oxygen atoms in total. The van der Waals surface area contributed by atoms with Crippen LogP contribution < -0.4 is 14.2 Å². The summed E-state index contributed by atoms with van der Waals surface area (Å²) in [7, 11) is 1.42. The number of nitrogens with zero attached hydrogens (tertiary/aromatic N) is 1. The van der Waals surface area contributed by atoms with Gasteiger partial charge in [-0.15, -0.1) is 8.78 Å². The highest BCUT2D eigenvalue weighted by Crippen LogP contribution is 2.41. The Kier molecular flexibility index (Phi) is 4.35. The summed E-state index contributed by atoms with van der Waals surface area (Å²) in [5.41, 5.74) is 0.295. The molecule has 0 unspecified atom stereocenters. The Bertz CT molecular complexity index is 838. The minimum Gasteiger partial charge on any atom is -0.494 e. The van der Waals surface area contributed by atoms with Crippen LogP contribution in [0.1, 0.15) is 33.7 Å². The van der Waals surface area contributed by atoms with Crippen LogP contribution in [0.15, 0.2) is 36.5 Å². The van der Waals surface area contributed by atoms with Gasteiger partial charge in [-0.2, -0.15) is 0 Å². The lowest BCUT2D eigenvalue weighted by molar-refractivity contribution is -0.286. The third-order valence-corrected chi connectivity index (χ3v) is 3.56. The number of hydrogen-bond donors (Lipinski definition) is 0. The Hall–Kier alpha value is -3.03. The van der Waals surface area contributed by atoms with Crippen LogP contribution in [-0.2, 0) is 0 Å². The Morgan fingerprint density at radius 3 is 2.60 bits per heavy atom. The lowest BCUT2D eigenvalue weighted by Gasteiger charge is -2.06. The smallest absolute Gasteiger partial charge is 0.494 e. The second kappa shape index (κ2) is 6.46. The molecular formula is C17H13F2NO5. The molecule has 0 radical (unpaired) electrons. The van der Waals surface area contributed by atoms with Gasteiger partial charge in [-0.1, -0.05) is 0 Å². The number of fused-ring (bicyclic) bond motifs is 1. The van der Waals surface area contributed by atoms with Crippen LogP contribution in [0.2, 0.25) is 0 Å². The number of carbonyl (C=O) groups excluding carboxylic acids is 2. The van der Waals surface area contributed by atoms with E-state index in [4.69, 9.17) is 4.74 Å². The molecule has 3 rings (SSSR count). The highest BCUT2D eigenvalue weighted by molar-refractivity contribution is 6.02. The number of methoxy groups -OCH3 is 1. The third-order valence-electron chi connectivity index (χ3n) is 3.56. The molecule has 0 atom stereocenters. The van der Waals surface area contributed by atoms with Crippen molar-refractivity contribution in [2.75, 3.05) is 7.11 Å². The quantitative estimate of drug-likeness (QED) is 0.745. The second-order valence-corrected chi connectivity index (χ2v) is 5.23. The van der Waals surface area contributed by atoms with Crippen molar-refractivity contribution in [2.24, 2.45) is 0 Å². The molecule has 0 saturated carbocycles. The summed E-state index contributed by atoms with van der Waals surface area (Å²) in [5.74, 6) is -0.766. The molecule has 1 aliphatic heterocycles. The normalized spacial score (nSPS) is 14.2. The molecule has 1 aromatic carbocycles. The zero-order valence-electron chi connectivity index (χ0n) is 13.1. The molecule has 0 fully saturated rings. The average Bonchev–Trinajstić information content (AvgIpc) is 2.92. The lowest BCUT2D eigenvalue weighted by atomic mass is 10.0. The van der Waals surface area contributed by atoms with Gasteiger partial charge >= 0.3 is 6.29 Å². The SMILES string of the molecule is COc1cccnc1C(=O)CCC(=O)c1ccc2c(c1)OC(F)(F)O2. The van der Waals surface area contributed by atoms with Gasteiger partial charge in [-0.05, 0) is 30.3 Å². The topological polar surface area (TPSA) is 74.7 Å². The Morgan fingerprint density at radius 2 is 1.84 bits per heavy atom. The van der Waals surface area contributed by atoms with Crippen molar-refractivity contribution in [1.82, 2.24) is 4.98 Å². The van der Waals surface area contributed by atoms with Crippen LogP contribution >= 0.6 is 0 Å². The Morgan fingerprint density at radius 1 is 1.12 bits per heavy atom. The molecule has 25 heavy (non-hydrogen) atoms. The fourth-order valence-corrected chi connectivity index (χ4v) is 2.38. The number of aromatic nitrogens is 1. The summed E-state index contributed by atoms with van der Waals surface area (Å²) >= 11 is 0. The number of carbonyl (C=O) groups is 2. The molecule has 0 aliphatic carbocycles. The number of rotatable bonds is 6. The van der Waals surface area contributed by atoms with Gasteiger partial charge < -0.3 is 14.2 Å². The number of pyridine rings is 1. The van der Waals surface area contributed by atoms with Gasteiger partial charge in [0.25, 0.3) is 0 Å². The number of halogens is 2. The van der Waals surface area contributed by atoms with E-state index in [2.05, 4.69) is 14.5 Å². The summed E-state index contributed by atoms with van der Waals surface area (Å²) in [6.45, 7) is 0. The summed E-state index contributed by atoms with van der Waals surface area (Å²) in [6.07, 6.45) is -2.48. The number of ether oxygens (including phenoxy) is 3. The summed E-state index contributed by atoms with van der Waals surface area (Å²) in [6, 6.07) is 6.97. The van der Waals surface area contributed by atoms with Crippen molar-refractivity contribution in [2.45, 2.75) is 19.1 Å². The first-order chi connectivity index (χ1) is 11.9. The van der Waals surface area contributed by atoms with Crippen molar-refractivity contribution < 1.29 is 32.6 Å². The van der Waals surface area contributed by atoms with E-state index in [0.717, 1.165) is 0 Å². The van der Waals surface area contributed by atoms with E-state index in [-0.39, 0.29) is 47.2 Å². The van der Waals surface area contributed by atoms with E-state index in [1.807, 2.05) is 0 Å². The maximum atomic E-state index is 13.0. The maximum absolute atomic E-state index is 13.0. The fourth-order valence-electron chi connectivity index (χ4n) is 2.38. The van der Waals surface area contributed by atoms with E-state index in [9.17, 15) is 18.4 Å². The van der Waals surface area contributed by atoms with Gasteiger partial charge in [0.1, 0.15) is 11.4 Å². The Balaban J connectivity index is 1.67. The molecule has 1 aliphatic rings. The molecule has 0 spiro atoms. The van der Waals surface area contributed by atoms with Gasteiger partial charge in [0.15, 0.2) is 23.1 Å². The minimum atomic E-state index is -3.74. The third kappa shape index (κ3) is 3.57. The van der Waals surface area contributed by atoms with Crippen LogP contribution in [0.25, 0.3) is 0 Å². The monoisotopic (exact) mass is 349 g/mol. The van der Waals surface area contributed by atoms with Crippen LogP contribution in [0.3, 0.4) is 0 Å². The van der Waals surface area contributed by atoms with Gasteiger partial charge in [0, 0.05) is 24.6 Å². The molecule has 0 N–H and O–H groups in total. The van der Waals surface area contributed by atoms with Crippen LogP contribution in [0.4, 0.5) is 8.78 Å². The number of alkyl halides is 2. The van der Waals surface area contributed by atoms with Crippen molar-refractivity contribution in [3.8, 4) is 17.2 Å². The van der Waals surface area contributed by atoms with Crippen molar-refractivity contribution in [3.63, 3.8) is 0 Å². The first-order valence-electron chi connectivity index (χ1n) is 7.35. The van der Waals surface area contributed by atoms with Gasteiger partial charge in [-0.25, -0.2) is 4.98 Å². The predicted molar refractivity (Wildman–Crippen MR) is 81.3 cm³/mol. The zero-order valence-corrected chi connectivity index (χ0v) is 13.1. The molecule has 1 aromatic heterocycles. The molecule has 0 saturated heterocycles. The maximum Gasteiger partial charge on any atom is 0.586 e. The number of ketones is 2. The summed E-state index contributed by atoms with van der Waals surface area (Å²) < 4.78 is 39.6. The summed E-state index contributed by atoms with van der Waals surface area (Å²) in [4.78, 5) is 28.4. The standard InChI is InChI=1S/C17H13F2NO5/c1-23-14-3-2-8-20-16(14)12(22)6-5-11(21)10-4-7-13-15(9-10)25-17(18,19)24-13/h2-4,7-9H,5-6H2,1H3. The van der Waals surface area contributed by atoms with Crippen molar-refractivity contribution in [3.05, 3.63) is 47.8 Å². The van der Waals surface area contributed by atoms with E-state index in [1.54, 1.807) is 12.1 Å². The Labute approximate surface area is 141 Å². The first-order valence-corrected chi connectivity index (χ1v) is 7.35. The molecule has 2 heterocycles. The summed E-state index contributed by atoms with van der Waals surface area (Å²) in [5, 5.41) is 0. The minimum absolute atomic E-state index is 0.0865. The molecule has 8 heteroatoms. The predicted octanol–water partition coefficient (Wildman–Crippen LogP) is 3.26. The van der Waals surface area contributed by atoms with Crippen LogP contribution in [-0.4, -0.2) is 30.0 Å². The zero-order chi connectivity index (χ0) is 18.0. The fraction of sp³-hybridized carbons (Fsp3) is 0.235. The number of hydrogen-bond acceptors (Lipinski definition) is 6. The number of Topliss-reactive ketones (excluding diaryl/α,β-unsaturated/α-hetero) is 2. The van der Waals surface area contributed by atoms with E-state index in [0.29, 0.717) is 5.75 Å². The second-order valence-electron chi connectivity index (χ2n) is 5.23. The van der Waals surface area contributed by atoms with Gasteiger partial charge in [0.2, 0.25) is 0 Å². The molecule has 130 valence electrons. The molecule has 2 aromatic rings. The molecular weight excluding hydrogens is 336 g/mol. The van der Waals surface area contributed by atoms with Gasteiger partial charge in [0.05, 0.1) is 7.11 Å². The lowest BCUT2D eigenvalue weighted by Crippen LogP contribution is -2.25. The van der Waals surface area contributed by atoms with Crippen molar-refractivity contribution in [1.29, 1.82) is 0 Å². The van der Waals surface area contributed by atoms with E-state index >= 15 is 0 Å². The van der Waals surface area contributed by atoms with Crippen molar-refractivity contribution >= 4 is 11.6 Å². The van der Waals surface area contributed by atoms with Crippen LogP contribution in [0.5, 0.6) is 17.2 Å². The highest BCUT2D eigenvalue weighted by Gasteiger charge is 2.43. The van der Waals surface area contributed by atoms with Crippen LogP contribution in [0, 0.1) is 0 Å². The number of benzene rings is 1.